The Labute approximate surface area is 90.7 Å². The maximum absolute atomic E-state index is 11.8. The molecule has 0 aromatic heterocycles. The zero-order chi connectivity index (χ0) is 11.4. The van der Waals surface area contributed by atoms with Gasteiger partial charge in [0.05, 0.1) is 0 Å². The van der Waals surface area contributed by atoms with Gasteiger partial charge in [0, 0.05) is 18.2 Å². The van der Waals surface area contributed by atoms with Gasteiger partial charge in [-0.25, -0.2) is 0 Å². The standard InChI is InChI=1S/C12H18N2O/c1-8-4-9(2)6-11(5-8)12(15)14-10(3)7-13/h4-6,10H,7,13H2,1-3H3,(H,14,15)/t10-/m1/s1. The van der Waals surface area contributed by atoms with Crippen LogP contribution in [0.4, 0.5) is 0 Å². The summed E-state index contributed by atoms with van der Waals surface area (Å²) in [6.07, 6.45) is 0. The van der Waals surface area contributed by atoms with Crippen molar-refractivity contribution in [3.63, 3.8) is 0 Å². The smallest absolute Gasteiger partial charge is 0.251 e. The van der Waals surface area contributed by atoms with Crippen molar-refractivity contribution in [2.24, 2.45) is 5.73 Å². The van der Waals surface area contributed by atoms with Crippen LogP contribution in [-0.4, -0.2) is 18.5 Å². The van der Waals surface area contributed by atoms with E-state index in [2.05, 4.69) is 5.32 Å². The number of benzene rings is 1. The first kappa shape index (κ1) is 11.7. The lowest BCUT2D eigenvalue weighted by atomic mass is 10.1. The Balaban J connectivity index is 2.82. The fourth-order valence-corrected chi connectivity index (χ4v) is 1.47. The number of hydrogen-bond donors (Lipinski definition) is 2. The molecule has 0 radical (unpaired) electrons. The summed E-state index contributed by atoms with van der Waals surface area (Å²) >= 11 is 0. The van der Waals surface area contributed by atoms with Gasteiger partial charge in [0.25, 0.3) is 5.91 Å². The Morgan fingerprint density at radius 2 is 1.87 bits per heavy atom. The van der Waals surface area contributed by atoms with Crippen molar-refractivity contribution in [3.05, 3.63) is 34.9 Å². The van der Waals surface area contributed by atoms with E-state index in [1.165, 1.54) is 0 Å². The van der Waals surface area contributed by atoms with E-state index in [4.69, 9.17) is 5.73 Å². The van der Waals surface area contributed by atoms with E-state index in [1.54, 1.807) is 0 Å². The van der Waals surface area contributed by atoms with Crippen LogP contribution in [-0.2, 0) is 0 Å². The molecule has 82 valence electrons. The van der Waals surface area contributed by atoms with Gasteiger partial charge in [0.1, 0.15) is 0 Å². The van der Waals surface area contributed by atoms with Crippen LogP contribution in [0.5, 0.6) is 0 Å². The number of carbonyl (C=O) groups excluding carboxylic acids is 1. The van der Waals surface area contributed by atoms with Crippen molar-refractivity contribution in [1.82, 2.24) is 5.32 Å². The average molecular weight is 206 g/mol. The largest absolute Gasteiger partial charge is 0.348 e. The molecule has 1 aromatic carbocycles. The molecule has 0 heterocycles. The molecule has 1 amide bonds. The van der Waals surface area contributed by atoms with Gasteiger partial charge in [-0.3, -0.25) is 4.79 Å². The third kappa shape index (κ3) is 3.36. The van der Waals surface area contributed by atoms with Crippen molar-refractivity contribution in [1.29, 1.82) is 0 Å². The Kier molecular flexibility index (Phi) is 3.86. The molecule has 1 aromatic rings. The number of rotatable bonds is 3. The summed E-state index contributed by atoms with van der Waals surface area (Å²) in [5, 5.41) is 2.84. The average Bonchev–Trinajstić information content (AvgIpc) is 2.16. The van der Waals surface area contributed by atoms with Crippen LogP contribution in [0, 0.1) is 13.8 Å². The lowest BCUT2D eigenvalue weighted by Crippen LogP contribution is -2.37. The van der Waals surface area contributed by atoms with Gasteiger partial charge in [-0.15, -0.1) is 0 Å². The Bertz CT molecular complexity index is 340. The molecule has 0 aliphatic carbocycles. The Morgan fingerprint density at radius 1 is 1.33 bits per heavy atom. The van der Waals surface area contributed by atoms with Crippen molar-refractivity contribution in [2.45, 2.75) is 26.8 Å². The first-order valence-electron chi connectivity index (χ1n) is 5.12. The molecule has 15 heavy (non-hydrogen) atoms. The summed E-state index contributed by atoms with van der Waals surface area (Å²) in [7, 11) is 0. The van der Waals surface area contributed by atoms with Crippen molar-refractivity contribution in [2.75, 3.05) is 6.54 Å². The number of nitrogens with two attached hydrogens (primary N) is 1. The molecule has 0 spiro atoms. The normalized spacial score (nSPS) is 12.3. The molecule has 0 bridgehead atoms. The maximum atomic E-state index is 11.8. The van der Waals surface area contributed by atoms with Gasteiger partial charge >= 0.3 is 0 Å². The third-order valence-electron chi connectivity index (χ3n) is 2.21. The number of amides is 1. The summed E-state index contributed by atoms with van der Waals surface area (Å²) in [5.74, 6) is -0.0558. The summed E-state index contributed by atoms with van der Waals surface area (Å²) in [5.41, 5.74) is 8.34. The second-order valence-corrected chi connectivity index (χ2v) is 3.99. The van der Waals surface area contributed by atoms with E-state index in [9.17, 15) is 4.79 Å². The molecule has 0 saturated carbocycles. The van der Waals surface area contributed by atoms with Crippen LogP contribution >= 0.6 is 0 Å². The molecule has 3 nitrogen and oxygen atoms in total. The van der Waals surface area contributed by atoms with E-state index < -0.39 is 0 Å². The molecule has 0 unspecified atom stereocenters. The van der Waals surface area contributed by atoms with E-state index >= 15 is 0 Å². The van der Waals surface area contributed by atoms with E-state index in [1.807, 2.05) is 39.0 Å². The molecule has 3 N–H and O–H groups in total. The minimum absolute atomic E-state index is 0.0123. The molecule has 0 fully saturated rings. The third-order valence-corrected chi connectivity index (χ3v) is 2.21. The molecule has 3 heteroatoms. The zero-order valence-electron chi connectivity index (χ0n) is 9.50. The molecule has 1 atom stereocenters. The van der Waals surface area contributed by atoms with Crippen LogP contribution in [0.2, 0.25) is 0 Å². The number of nitrogens with one attached hydrogen (secondary N) is 1. The molecular weight excluding hydrogens is 188 g/mol. The van der Waals surface area contributed by atoms with E-state index in [-0.39, 0.29) is 11.9 Å². The lowest BCUT2D eigenvalue weighted by Gasteiger charge is -2.12. The predicted molar refractivity (Wildman–Crippen MR) is 61.9 cm³/mol. The highest BCUT2D eigenvalue weighted by Crippen LogP contribution is 2.08. The van der Waals surface area contributed by atoms with Crippen LogP contribution in [0.1, 0.15) is 28.4 Å². The zero-order valence-corrected chi connectivity index (χ0v) is 9.50. The fourth-order valence-electron chi connectivity index (χ4n) is 1.47. The van der Waals surface area contributed by atoms with Crippen LogP contribution in [0.15, 0.2) is 18.2 Å². The van der Waals surface area contributed by atoms with Gasteiger partial charge < -0.3 is 11.1 Å². The first-order valence-corrected chi connectivity index (χ1v) is 5.12. The van der Waals surface area contributed by atoms with Crippen molar-refractivity contribution < 1.29 is 4.79 Å². The number of aryl methyl sites for hydroxylation is 2. The van der Waals surface area contributed by atoms with Gasteiger partial charge in [0.15, 0.2) is 0 Å². The first-order chi connectivity index (χ1) is 7.02. The topological polar surface area (TPSA) is 55.1 Å². The predicted octanol–water partition coefficient (Wildman–Crippen LogP) is 1.38. The van der Waals surface area contributed by atoms with Crippen molar-refractivity contribution in [3.8, 4) is 0 Å². The second-order valence-electron chi connectivity index (χ2n) is 3.99. The molecule has 0 saturated heterocycles. The number of hydrogen-bond acceptors (Lipinski definition) is 2. The lowest BCUT2D eigenvalue weighted by molar-refractivity contribution is 0.0941. The Morgan fingerprint density at radius 3 is 2.33 bits per heavy atom. The maximum Gasteiger partial charge on any atom is 0.251 e. The van der Waals surface area contributed by atoms with Gasteiger partial charge in [-0.2, -0.15) is 0 Å². The minimum Gasteiger partial charge on any atom is -0.348 e. The highest BCUT2D eigenvalue weighted by molar-refractivity contribution is 5.94. The molecule has 0 aliphatic rings. The van der Waals surface area contributed by atoms with Crippen LogP contribution in [0.3, 0.4) is 0 Å². The van der Waals surface area contributed by atoms with Gasteiger partial charge in [-0.05, 0) is 32.9 Å². The fraction of sp³-hybridized carbons (Fsp3) is 0.417. The highest BCUT2D eigenvalue weighted by Gasteiger charge is 2.08. The highest BCUT2D eigenvalue weighted by atomic mass is 16.1. The van der Waals surface area contributed by atoms with Crippen molar-refractivity contribution >= 4 is 5.91 Å². The number of carbonyl (C=O) groups is 1. The minimum atomic E-state index is -0.0558. The summed E-state index contributed by atoms with van der Waals surface area (Å²) in [6.45, 7) is 6.31. The summed E-state index contributed by atoms with van der Waals surface area (Å²) in [4.78, 5) is 11.8. The summed E-state index contributed by atoms with van der Waals surface area (Å²) < 4.78 is 0. The van der Waals surface area contributed by atoms with Crippen LogP contribution < -0.4 is 11.1 Å². The van der Waals surface area contributed by atoms with Gasteiger partial charge in [-0.1, -0.05) is 17.2 Å². The Hall–Kier alpha value is -1.35. The quantitative estimate of drug-likeness (QED) is 0.785. The van der Waals surface area contributed by atoms with Gasteiger partial charge in [0.2, 0.25) is 0 Å². The van der Waals surface area contributed by atoms with E-state index in [0.717, 1.165) is 11.1 Å². The summed E-state index contributed by atoms with van der Waals surface area (Å²) in [6, 6.07) is 5.82. The second kappa shape index (κ2) is 4.94. The van der Waals surface area contributed by atoms with Crippen LogP contribution in [0.25, 0.3) is 0 Å². The monoisotopic (exact) mass is 206 g/mol. The molecular formula is C12H18N2O. The SMILES string of the molecule is Cc1cc(C)cc(C(=O)N[C@H](C)CN)c1. The molecule has 0 aliphatic heterocycles. The van der Waals surface area contributed by atoms with E-state index in [0.29, 0.717) is 12.1 Å². The molecule has 1 rings (SSSR count).